The molecule has 0 spiro atoms. The molecule has 2 N–H and O–H groups in total. The van der Waals surface area contributed by atoms with Crippen LogP contribution in [0, 0.1) is 5.82 Å². The minimum absolute atomic E-state index is 0.0650. The maximum atomic E-state index is 13.0. The first-order chi connectivity index (χ1) is 12.3. The van der Waals surface area contributed by atoms with E-state index in [2.05, 4.69) is 10.6 Å². The summed E-state index contributed by atoms with van der Waals surface area (Å²) >= 11 is 0. The summed E-state index contributed by atoms with van der Waals surface area (Å²) in [6, 6.07) is 12.5. The molecule has 2 amide bonds. The summed E-state index contributed by atoms with van der Waals surface area (Å²) in [7, 11) is 0. The van der Waals surface area contributed by atoms with Crippen molar-refractivity contribution in [2.75, 3.05) is 0 Å². The minimum atomic E-state index is -0.482. The maximum absolute atomic E-state index is 13.0. The van der Waals surface area contributed by atoms with Crippen LogP contribution in [0.4, 0.5) is 9.18 Å². The van der Waals surface area contributed by atoms with Gasteiger partial charge in [-0.05, 0) is 56.2 Å². The van der Waals surface area contributed by atoms with Crippen molar-refractivity contribution in [1.82, 2.24) is 10.6 Å². The zero-order valence-corrected chi connectivity index (χ0v) is 15.1. The van der Waals surface area contributed by atoms with E-state index >= 15 is 0 Å². The van der Waals surface area contributed by atoms with Crippen LogP contribution in [-0.2, 0) is 11.3 Å². The van der Waals surface area contributed by atoms with Gasteiger partial charge in [0.15, 0.2) is 0 Å². The Balaban J connectivity index is 1.89. The lowest BCUT2D eigenvalue weighted by Gasteiger charge is -2.14. The van der Waals surface area contributed by atoms with Crippen molar-refractivity contribution in [3.05, 3.63) is 71.0 Å². The van der Waals surface area contributed by atoms with Gasteiger partial charge in [-0.2, -0.15) is 0 Å². The molecule has 138 valence electrons. The van der Waals surface area contributed by atoms with Crippen LogP contribution in [0.3, 0.4) is 0 Å². The zero-order valence-electron chi connectivity index (χ0n) is 15.1. The number of urea groups is 1. The van der Waals surface area contributed by atoms with E-state index in [1.54, 1.807) is 43.3 Å². The molecule has 2 aromatic carbocycles. The Kier molecular flexibility index (Phi) is 6.72. The molecular formula is C20H23FN2O3. The zero-order chi connectivity index (χ0) is 19.1. The lowest BCUT2D eigenvalue weighted by atomic mass is 10.1. The van der Waals surface area contributed by atoms with Crippen molar-refractivity contribution >= 4 is 12.0 Å². The number of halogens is 1. The summed E-state index contributed by atoms with van der Waals surface area (Å²) < 4.78 is 18.4. The first kappa shape index (κ1) is 19.4. The van der Waals surface area contributed by atoms with Gasteiger partial charge in [0.25, 0.3) is 0 Å². The highest BCUT2D eigenvalue weighted by Crippen LogP contribution is 2.19. The number of rotatable bonds is 6. The number of hydrogen-bond acceptors (Lipinski definition) is 3. The summed E-state index contributed by atoms with van der Waals surface area (Å²) in [6.07, 6.45) is -0.482. The van der Waals surface area contributed by atoms with Crippen LogP contribution in [0.2, 0.25) is 0 Å². The van der Waals surface area contributed by atoms with Gasteiger partial charge < -0.3 is 15.4 Å². The number of nitrogens with one attached hydrogen (secondary N) is 2. The second-order valence-electron chi connectivity index (χ2n) is 6.28. The molecule has 0 aliphatic heterocycles. The fourth-order valence-corrected chi connectivity index (χ4v) is 2.28. The van der Waals surface area contributed by atoms with Crippen LogP contribution in [0.25, 0.3) is 0 Å². The maximum Gasteiger partial charge on any atom is 0.338 e. The van der Waals surface area contributed by atoms with Crippen LogP contribution in [0.1, 0.15) is 48.4 Å². The molecule has 2 rings (SSSR count). The topological polar surface area (TPSA) is 67.4 Å². The third-order valence-electron chi connectivity index (χ3n) is 3.69. The number of carbonyl (C=O) groups excluding carboxylic acids is 2. The normalized spacial score (nSPS) is 11.7. The van der Waals surface area contributed by atoms with Crippen LogP contribution < -0.4 is 10.6 Å². The molecule has 0 aromatic heterocycles. The molecule has 6 heteroatoms. The molecule has 0 radical (unpaired) electrons. The molecule has 0 saturated carbocycles. The first-order valence-electron chi connectivity index (χ1n) is 8.45. The molecule has 5 nitrogen and oxygen atoms in total. The van der Waals surface area contributed by atoms with Crippen LogP contribution >= 0.6 is 0 Å². The molecule has 26 heavy (non-hydrogen) atoms. The molecule has 0 fully saturated rings. The predicted molar refractivity (Wildman–Crippen MR) is 97.2 cm³/mol. The second-order valence-corrected chi connectivity index (χ2v) is 6.28. The second kappa shape index (κ2) is 8.99. The molecule has 0 bridgehead atoms. The number of benzene rings is 2. The number of amides is 2. The van der Waals surface area contributed by atoms with Gasteiger partial charge >= 0.3 is 12.0 Å². The fraction of sp³-hybridized carbons (Fsp3) is 0.300. The van der Waals surface area contributed by atoms with E-state index in [1.807, 2.05) is 13.8 Å². The lowest BCUT2D eigenvalue weighted by molar-refractivity contribution is 0.0337. The monoisotopic (exact) mass is 358 g/mol. The van der Waals surface area contributed by atoms with Crippen molar-refractivity contribution in [3.63, 3.8) is 0 Å². The molecule has 2 aromatic rings. The molecule has 0 unspecified atom stereocenters. The third kappa shape index (κ3) is 5.88. The predicted octanol–water partition coefficient (Wildman–Crippen LogP) is 3.95. The number of esters is 1. The van der Waals surface area contributed by atoms with Gasteiger partial charge in [0.2, 0.25) is 0 Å². The smallest absolute Gasteiger partial charge is 0.338 e. The Morgan fingerprint density at radius 2 is 1.62 bits per heavy atom. The third-order valence-corrected chi connectivity index (χ3v) is 3.69. The van der Waals surface area contributed by atoms with E-state index in [0.29, 0.717) is 12.1 Å². The van der Waals surface area contributed by atoms with Crippen molar-refractivity contribution in [2.45, 2.75) is 39.5 Å². The van der Waals surface area contributed by atoms with Gasteiger partial charge in [0.1, 0.15) is 11.9 Å². The summed E-state index contributed by atoms with van der Waals surface area (Å²) in [5, 5.41) is 5.48. The molecule has 0 aliphatic rings. The highest BCUT2D eigenvalue weighted by molar-refractivity contribution is 5.89. The lowest BCUT2D eigenvalue weighted by Crippen LogP contribution is -2.39. The minimum Gasteiger partial charge on any atom is -0.454 e. The van der Waals surface area contributed by atoms with Crippen molar-refractivity contribution in [3.8, 4) is 0 Å². The summed E-state index contributed by atoms with van der Waals surface area (Å²) in [4.78, 5) is 23.8. The average Bonchev–Trinajstić information content (AvgIpc) is 2.60. The molecule has 0 aliphatic carbocycles. The van der Waals surface area contributed by atoms with E-state index < -0.39 is 12.1 Å². The summed E-state index contributed by atoms with van der Waals surface area (Å²) in [5.74, 6) is -0.794. The van der Waals surface area contributed by atoms with E-state index in [0.717, 1.165) is 11.1 Å². The van der Waals surface area contributed by atoms with Gasteiger partial charge in [-0.3, -0.25) is 0 Å². The van der Waals surface area contributed by atoms with Crippen molar-refractivity contribution < 1.29 is 18.7 Å². The highest BCUT2D eigenvalue weighted by atomic mass is 19.1. The Morgan fingerprint density at radius 1 is 1.00 bits per heavy atom. The van der Waals surface area contributed by atoms with E-state index in [9.17, 15) is 14.0 Å². The average molecular weight is 358 g/mol. The van der Waals surface area contributed by atoms with E-state index in [4.69, 9.17) is 4.74 Å². The fourth-order valence-electron chi connectivity index (χ4n) is 2.28. The number of carbonyl (C=O) groups is 2. The van der Waals surface area contributed by atoms with E-state index in [-0.39, 0.29) is 17.9 Å². The summed E-state index contributed by atoms with van der Waals surface area (Å²) in [6.45, 7) is 5.86. The number of ether oxygens (including phenoxy) is 1. The van der Waals surface area contributed by atoms with Crippen molar-refractivity contribution in [1.29, 1.82) is 0 Å². The van der Waals surface area contributed by atoms with Crippen molar-refractivity contribution in [2.24, 2.45) is 0 Å². The Hall–Kier alpha value is -2.89. The standard InChI is InChI=1S/C20H23FN2O3/c1-13(2)23-20(25)22-12-15-4-6-17(7-5-15)19(24)26-14(3)16-8-10-18(21)11-9-16/h4-11,13-14H,12H2,1-3H3,(H2,22,23,25)/t14-/m0/s1. The Labute approximate surface area is 152 Å². The van der Waals surface area contributed by atoms with Crippen LogP contribution in [0.15, 0.2) is 48.5 Å². The van der Waals surface area contributed by atoms with Crippen LogP contribution in [0.5, 0.6) is 0 Å². The first-order valence-corrected chi connectivity index (χ1v) is 8.45. The van der Waals surface area contributed by atoms with Gasteiger partial charge in [-0.25, -0.2) is 14.0 Å². The molecule has 0 heterocycles. The van der Waals surface area contributed by atoms with Gasteiger partial charge in [0.05, 0.1) is 5.56 Å². The number of hydrogen-bond donors (Lipinski definition) is 2. The van der Waals surface area contributed by atoms with Gasteiger partial charge in [-0.15, -0.1) is 0 Å². The van der Waals surface area contributed by atoms with Gasteiger partial charge in [0, 0.05) is 12.6 Å². The SMILES string of the molecule is CC(C)NC(=O)NCc1ccc(C(=O)O[C@@H](C)c2ccc(F)cc2)cc1. The molecular weight excluding hydrogens is 335 g/mol. The Morgan fingerprint density at radius 3 is 2.19 bits per heavy atom. The quantitative estimate of drug-likeness (QED) is 0.768. The molecule has 1 atom stereocenters. The van der Waals surface area contributed by atoms with Gasteiger partial charge in [-0.1, -0.05) is 24.3 Å². The summed E-state index contributed by atoms with van der Waals surface area (Å²) in [5.41, 5.74) is 2.00. The largest absolute Gasteiger partial charge is 0.454 e. The molecule has 0 saturated heterocycles. The Bertz CT molecular complexity index is 743. The highest BCUT2D eigenvalue weighted by Gasteiger charge is 2.14. The van der Waals surface area contributed by atoms with E-state index in [1.165, 1.54) is 12.1 Å². The van der Waals surface area contributed by atoms with Crippen LogP contribution in [-0.4, -0.2) is 18.0 Å².